The van der Waals surface area contributed by atoms with Crippen molar-refractivity contribution >= 4 is 0 Å². The standard InChI is InChI=1S/C14H25N3O/c1-4-14(5-2)17-8-6-16(7-9-17)11-13-10-12(3)18-15-13/h10,14H,4-9,11H2,1-3H3. The maximum absolute atomic E-state index is 5.11. The summed E-state index contributed by atoms with van der Waals surface area (Å²) in [6, 6.07) is 2.80. The zero-order valence-corrected chi connectivity index (χ0v) is 11.9. The highest BCUT2D eigenvalue weighted by atomic mass is 16.5. The van der Waals surface area contributed by atoms with E-state index in [1.165, 1.54) is 25.9 Å². The second-order valence-corrected chi connectivity index (χ2v) is 5.21. The van der Waals surface area contributed by atoms with E-state index < -0.39 is 0 Å². The number of hydrogen-bond acceptors (Lipinski definition) is 4. The van der Waals surface area contributed by atoms with Crippen LogP contribution in [0.1, 0.15) is 38.1 Å². The van der Waals surface area contributed by atoms with Crippen LogP contribution in [0.4, 0.5) is 0 Å². The Morgan fingerprint density at radius 1 is 1.22 bits per heavy atom. The molecule has 102 valence electrons. The van der Waals surface area contributed by atoms with E-state index in [-0.39, 0.29) is 0 Å². The molecule has 4 nitrogen and oxygen atoms in total. The van der Waals surface area contributed by atoms with Crippen LogP contribution in [-0.4, -0.2) is 47.2 Å². The van der Waals surface area contributed by atoms with Gasteiger partial charge in [0.15, 0.2) is 0 Å². The largest absolute Gasteiger partial charge is 0.361 e. The number of nitrogens with zero attached hydrogens (tertiary/aromatic N) is 3. The van der Waals surface area contributed by atoms with Crippen LogP contribution in [0, 0.1) is 6.92 Å². The van der Waals surface area contributed by atoms with Crippen molar-refractivity contribution in [2.45, 2.75) is 46.2 Å². The fourth-order valence-corrected chi connectivity index (χ4v) is 2.81. The summed E-state index contributed by atoms with van der Waals surface area (Å²) in [5.41, 5.74) is 1.06. The quantitative estimate of drug-likeness (QED) is 0.804. The summed E-state index contributed by atoms with van der Waals surface area (Å²) in [6.07, 6.45) is 2.53. The van der Waals surface area contributed by atoms with E-state index in [0.29, 0.717) is 0 Å². The van der Waals surface area contributed by atoms with E-state index in [4.69, 9.17) is 4.52 Å². The normalized spacial score (nSPS) is 18.7. The summed E-state index contributed by atoms with van der Waals surface area (Å²) in [7, 11) is 0. The molecule has 0 radical (unpaired) electrons. The summed E-state index contributed by atoms with van der Waals surface area (Å²) in [4.78, 5) is 5.10. The molecule has 0 amide bonds. The van der Waals surface area contributed by atoms with Crippen LogP contribution in [0.3, 0.4) is 0 Å². The molecule has 1 aromatic rings. The lowest BCUT2D eigenvalue weighted by atomic mass is 10.1. The van der Waals surface area contributed by atoms with Gasteiger partial charge in [-0.1, -0.05) is 19.0 Å². The predicted octanol–water partition coefficient (Wildman–Crippen LogP) is 2.29. The Balaban J connectivity index is 1.79. The van der Waals surface area contributed by atoms with Crippen LogP contribution in [0.15, 0.2) is 10.6 Å². The minimum atomic E-state index is 0.765. The molecular formula is C14H25N3O. The Hall–Kier alpha value is -0.870. The van der Waals surface area contributed by atoms with Gasteiger partial charge in [0.2, 0.25) is 0 Å². The predicted molar refractivity (Wildman–Crippen MR) is 72.5 cm³/mol. The van der Waals surface area contributed by atoms with Crippen LogP contribution >= 0.6 is 0 Å². The molecule has 1 aromatic heterocycles. The van der Waals surface area contributed by atoms with Crippen LogP contribution in [0.25, 0.3) is 0 Å². The maximum atomic E-state index is 5.11. The molecule has 0 atom stereocenters. The van der Waals surface area contributed by atoms with Gasteiger partial charge in [0.1, 0.15) is 5.76 Å². The van der Waals surface area contributed by atoms with Crippen molar-refractivity contribution in [1.82, 2.24) is 15.0 Å². The molecule has 0 spiro atoms. The van der Waals surface area contributed by atoms with Crippen molar-refractivity contribution in [3.05, 3.63) is 17.5 Å². The molecule has 0 bridgehead atoms. The Morgan fingerprint density at radius 2 is 1.89 bits per heavy atom. The first-order valence-electron chi connectivity index (χ1n) is 7.11. The second-order valence-electron chi connectivity index (χ2n) is 5.21. The third-order valence-corrected chi connectivity index (χ3v) is 3.93. The number of piperazine rings is 1. The molecule has 18 heavy (non-hydrogen) atoms. The van der Waals surface area contributed by atoms with Gasteiger partial charge in [0.25, 0.3) is 0 Å². The summed E-state index contributed by atoms with van der Waals surface area (Å²) in [6.45, 7) is 12.1. The fraction of sp³-hybridized carbons (Fsp3) is 0.786. The van der Waals surface area contributed by atoms with Gasteiger partial charge < -0.3 is 4.52 Å². The Kier molecular flexibility index (Phi) is 4.78. The first-order chi connectivity index (χ1) is 8.72. The molecule has 0 unspecified atom stereocenters. The topological polar surface area (TPSA) is 32.5 Å². The van der Waals surface area contributed by atoms with Gasteiger partial charge in [-0.2, -0.15) is 0 Å². The molecular weight excluding hydrogens is 226 g/mol. The molecule has 1 fully saturated rings. The number of rotatable bonds is 5. The summed E-state index contributed by atoms with van der Waals surface area (Å²) >= 11 is 0. The first-order valence-corrected chi connectivity index (χ1v) is 7.11. The van der Waals surface area contributed by atoms with E-state index in [9.17, 15) is 0 Å². The lowest BCUT2D eigenvalue weighted by molar-refractivity contribution is 0.0868. The van der Waals surface area contributed by atoms with Crippen LogP contribution in [0.2, 0.25) is 0 Å². The van der Waals surface area contributed by atoms with Gasteiger partial charge in [0.05, 0.1) is 5.69 Å². The number of hydrogen-bond donors (Lipinski definition) is 0. The van der Waals surface area contributed by atoms with Crippen molar-refractivity contribution in [2.24, 2.45) is 0 Å². The maximum Gasteiger partial charge on any atom is 0.133 e. The van der Waals surface area contributed by atoms with Gasteiger partial charge in [-0.05, 0) is 19.8 Å². The third kappa shape index (κ3) is 3.33. The number of aryl methyl sites for hydroxylation is 1. The Bertz CT molecular complexity index is 352. The van der Waals surface area contributed by atoms with Crippen LogP contribution in [0.5, 0.6) is 0 Å². The average molecular weight is 251 g/mol. The number of aromatic nitrogens is 1. The molecule has 2 heterocycles. The highest BCUT2D eigenvalue weighted by Crippen LogP contribution is 2.14. The van der Waals surface area contributed by atoms with Crippen LogP contribution in [-0.2, 0) is 6.54 Å². The fourth-order valence-electron chi connectivity index (χ4n) is 2.81. The summed E-state index contributed by atoms with van der Waals surface area (Å²) in [5.74, 6) is 0.903. The van der Waals surface area contributed by atoms with Crippen LogP contribution < -0.4 is 0 Å². The molecule has 1 aliphatic heterocycles. The zero-order valence-electron chi connectivity index (χ0n) is 11.9. The lowest BCUT2D eigenvalue weighted by Crippen LogP contribution is -2.49. The Morgan fingerprint density at radius 3 is 2.39 bits per heavy atom. The molecule has 1 saturated heterocycles. The minimum absolute atomic E-state index is 0.765. The molecule has 0 aliphatic carbocycles. The molecule has 4 heteroatoms. The average Bonchev–Trinajstić information content (AvgIpc) is 2.78. The van der Waals surface area contributed by atoms with Crippen molar-refractivity contribution in [2.75, 3.05) is 26.2 Å². The lowest BCUT2D eigenvalue weighted by Gasteiger charge is -2.38. The molecule has 0 N–H and O–H groups in total. The van der Waals surface area contributed by atoms with Gasteiger partial charge in [-0.15, -0.1) is 0 Å². The Labute approximate surface area is 110 Å². The molecule has 0 saturated carbocycles. The summed E-state index contributed by atoms with van der Waals surface area (Å²) in [5, 5.41) is 4.07. The van der Waals surface area contributed by atoms with Gasteiger partial charge in [0, 0.05) is 44.8 Å². The third-order valence-electron chi connectivity index (χ3n) is 3.93. The van der Waals surface area contributed by atoms with E-state index >= 15 is 0 Å². The SMILES string of the molecule is CCC(CC)N1CCN(Cc2cc(C)on2)CC1. The monoisotopic (exact) mass is 251 g/mol. The van der Waals surface area contributed by atoms with Gasteiger partial charge >= 0.3 is 0 Å². The van der Waals surface area contributed by atoms with E-state index in [2.05, 4.69) is 28.8 Å². The molecule has 2 rings (SSSR count). The van der Waals surface area contributed by atoms with Crippen molar-refractivity contribution in [3.63, 3.8) is 0 Å². The first kappa shape index (κ1) is 13.6. The van der Waals surface area contributed by atoms with Gasteiger partial charge in [-0.3, -0.25) is 9.80 Å². The minimum Gasteiger partial charge on any atom is -0.361 e. The van der Waals surface area contributed by atoms with Crippen molar-refractivity contribution in [1.29, 1.82) is 0 Å². The molecule has 0 aromatic carbocycles. The zero-order chi connectivity index (χ0) is 13.0. The van der Waals surface area contributed by atoms with E-state index in [1.807, 2.05) is 13.0 Å². The smallest absolute Gasteiger partial charge is 0.133 e. The van der Waals surface area contributed by atoms with Crippen molar-refractivity contribution in [3.8, 4) is 0 Å². The second kappa shape index (κ2) is 6.34. The van der Waals surface area contributed by atoms with E-state index in [1.54, 1.807) is 0 Å². The highest BCUT2D eigenvalue weighted by Gasteiger charge is 2.22. The summed E-state index contributed by atoms with van der Waals surface area (Å²) < 4.78 is 5.11. The van der Waals surface area contributed by atoms with Gasteiger partial charge in [-0.25, -0.2) is 0 Å². The van der Waals surface area contributed by atoms with Crippen molar-refractivity contribution < 1.29 is 4.52 Å². The van der Waals surface area contributed by atoms with E-state index in [0.717, 1.165) is 37.1 Å². The molecule has 1 aliphatic rings. The highest BCUT2D eigenvalue weighted by molar-refractivity contribution is 5.03.